The van der Waals surface area contributed by atoms with Crippen LogP contribution in [0.15, 0.2) is 18.2 Å². The van der Waals surface area contributed by atoms with E-state index in [2.05, 4.69) is 26.1 Å². The zero-order valence-corrected chi connectivity index (χ0v) is 17.5. The van der Waals surface area contributed by atoms with Crippen molar-refractivity contribution < 1.29 is 18.7 Å². The molecule has 1 aromatic carbocycles. The molecule has 4 nitrogen and oxygen atoms in total. The summed E-state index contributed by atoms with van der Waals surface area (Å²) in [5.41, 5.74) is 3.93. The third kappa shape index (κ3) is 3.08. The number of hydrogen-bond donors (Lipinski definition) is 1. The molecule has 150 valence electrons. The summed E-state index contributed by atoms with van der Waals surface area (Å²) in [6.07, 6.45) is 1.02. The van der Waals surface area contributed by atoms with Gasteiger partial charge >= 0.3 is 0 Å². The van der Waals surface area contributed by atoms with Gasteiger partial charge < -0.3 is 14.8 Å². The first-order valence-corrected chi connectivity index (χ1v) is 10.5. The minimum Gasteiger partial charge on any atom is -0.496 e. The number of nitrogens with one attached hydrogen (secondary N) is 1. The Bertz CT molecular complexity index is 921. The Morgan fingerprint density at radius 1 is 1.39 bits per heavy atom. The molecule has 1 saturated carbocycles. The molecular weight excluding hydrogens is 377 g/mol. The van der Waals surface area contributed by atoms with E-state index in [4.69, 9.17) is 9.47 Å². The van der Waals surface area contributed by atoms with Crippen LogP contribution in [0.4, 0.5) is 4.39 Å². The number of benzene rings is 1. The number of rotatable bonds is 7. The average Bonchev–Trinajstić information content (AvgIpc) is 3.01. The van der Waals surface area contributed by atoms with Crippen LogP contribution in [0.3, 0.4) is 0 Å². The first-order chi connectivity index (χ1) is 13.4. The molecule has 2 atom stereocenters. The number of methoxy groups -OCH3 is 1. The van der Waals surface area contributed by atoms with Crippen molar-refractivity contribution in [2.75, 3.05) is 20.4 Å². The summed E-state index contributed by atoms with van der Waals surface area (Å²) >= 11 is 1.61. The second-order valence-corrected chi connectivity index (χ2v) is 9.41. The number of thiophene rings is 1. The van der Waals surface area contributed by atoms with Gasteiger partial charge in [0.05, 0.1) is 12.0 Å². The Morgan fingerprint density at radius 2 is 2.18 bits per heavy atom. The smallest absolute Gasteiger partial charge is 0.261 e. The zero-order valence-electron chi connectivity index (χ0n) is 16.7. The average molecular weight is 404 g/mol. The number of aryl methyl sites for hydroxylation is 1. The van der Waals surface area contributed by atoms with Gasteiger partial charge in [-0.3, -0.25) is 4.79 Å². The summed E-state index contributed by atoms with van der Waals surface area (Å²) in [5, 5.41) is 3.04. The quantitative estimate of drug-likeness (QED) is 0.733. The van der Waals surface area contributed by atoms with Gasteiger partial charge in [0.25, 0.3) is 5.91 Å². The SMILES string of the molecule is COc1cc(OCCF)ccc1CNC(=O)c1sc(C)c2c1CC1[C@H]2C1(C)C. The van der Waals surface area contributed by atoms with Crippen LogP contribution in [-0.4, -0.2) is 26.3 Å². The van der Waals surface area contributed by atoms with Gasteiger partial charge in [-0.1, -0.05) is 13.8 Å². The number of carbonyl (C=O) groups excluding carboxylic acids is 1. The van der Waals surface area contributed by atoms with E-state index >= 15 is 0 Å². The lowest BCUT2D eigenvalue weighted by Crippen LogP contribution is -2.23. The molecule has 1 amide bonds. The number of hydrogen-bond acceptors (Lipinski definition) is 4. The lowest BCUT2D eigenvalue weighted by atomic mass is 9.95. The zero-order chi connectivity index (χ0) is 20.1. The monoisotopic (exact) mass is 403 g/mol. The fourth-order valence-electron chi connectivity index (χ4n) is 4.69. The van der Waals surface area contributed by atoms with Crippen molar-refractivity contribution in [3.8, 4) is 11.5 Å². The van der Waals surface area contributed by atoms with Crippen molar-refractivity contribution in [3.05, 3.63) is 44.6 Å². The fourth-order valence-corrected chi connectivity index (χ4v) is 5.84. The molecule has 0 radical (unpaired) electrons. The molecule has 6 heteroatoms. The van der Waals surface area contributed by atoms with Crippen molar-refractivity contribution >= 4 is 17.2 Å². The second-order valence-electron chi connectivity index (χ2n) is 8.18. The van der Waals surface area contributed by atoms with Crippen molar-refractivity contribution in [1.82, 2.24) is 5.32 Å². The Morgan fingerprint density at radius 3 is 2.89 bits per heavy atom. The van der Waals surface area contributed by atoms with E-state index in [9.17, 15) is 9.18 Å². The predicted molar refractivity (Wildman–Crippen MR) is 108 cm³/mol. The normalized spacial score (nSPS) is 21.0. The summed E-state index contributed by atoms with van der Waals surface area (Å²) in [6.45, 7) is 6.64. The Kier molecular flexibility index (Phi) is 4.86. The molecule has 0 saturated heterocycles. The van der Waals surface area contributed by atoms with Crippen LogP contribution in [0.2, 0.25) is 0 Å². The van der Waals surface area contributed by atoms with E-state index in [0.29, 0.717) is 35.3 Å². The number of alkyl halides is 1. The lowest BCUT2D eigenvalue weighted by Gasteiger charge is -2.13. The van der Waals surface area contributed by atoms with Gasteiger partial charge in [-0.05, 0) is 53.9 Å². The van der Waals surface area contributed by atoms with Crippen molar-refractivity contribution in [3.63, 3.8) is 0 Å². The third-order valence-corrected chi connectivity index (χ3v) is 7.43. The Labute approximate surface area is 169 Å². The standard InChI is InChI=1S/C22H26FNO3S/c1-12-18-15(10-16-19(18)22(16,2)3)20(28-12)21(25)24-11-13-5-6-14(27-8-7-23)9-17(13)26-4/h5-6,9,16,19H,7-8,10-11H2,1-4H3,(H,24,25)/t16?,19-/m1/s1. The topological polar surface area (TPSA) is 47.6 Å². The lowest BCUT2D eigenvalue weighted by molar-refractivity contribution is 0.0953. The van der Waals surface area contributed by atoms with Gasteiger partial charge in [-0.25, -0.2) is 4.39 Å². The van der Waals surface area contributed by atoms with Crippen molar-refractivity contribution in [1.29, 1.82) is 0 Å². The first-order valence-electron chi connectivity index (χ1n) is 9.64. The molecular formula is C22H26FNO3S. The summed E-state index contributed by atoms with van der Waals surface area (Å²) in [4.78, 5) is 15.0. The highest BCUT2D eigenvalue weighted by atomic mass is 32.1. The molecule has 0 bridgehead atoms. The van der Waals surface area contributed by atoms with Crippen LogP contribution in [0.1, 0.15) is 51.0 Å². The molecule has 2 aliphatic carbocycles. The maximum atomic E-state index is 12.9. The minimum absolute atomic E-state index is 0.0148. The molecule has 1 heterocycles. The van der Waals surface area contributed by atoms with Crippen LogP contribution in [0.5, 0.6) is 11.5 Å². The van der Waals surface area contributed by atoms with E-state index in [1.807, 2.05) is 6.07 Å². The molecule has 28 heavy (non-hydrogen) atoms. The molecule has 4 rings (SSSR count). The second kappa shape index (κ2) is 7.07. The highest BCUT2D eigenvalue weighted by Crippen LogP contribution is 2.71. The number of fused-ring (bicyclic) bond motifs is 3. The van der Waals surface area contributed by atoms with Crippen LogP contribution >= 0.6 is 11.3 Å². The van der Waals surface area contributed by atoms with Gasteiger partial charge in [0, 0.05) is 23.1 Å². The molecule has 2 aromatic rings. The number of amides is 1. The minimum atomic E-state index is -0.538. The van der Waals surface area contributed by atoms with Gasteiger partial charge in [0.1, 0.15) is 24.8 Å². The number of ether oxygens (including phenoxy) is 2. The third-order valence-electron chi connectivity index (χ3n) is 6.27. The molecule has 0 aliphatic heterocycles. The van der Waals surface area contributed by atoms with Gasteiger partial charge in [0.15, 0.2) is 0 Å². The van der Waals surface area contributed by atoms with E-state index in [1.54, 1.807) is 30.6 Å². The van der Waals surface area contributed by atoms with E-state index in [0.717, 1.165) is 16.9 Å². The Balaban J connectivity index is 1.46. The number of carbonyl (C=O) groups is 1. The summed E-state index contributed by atoms with van der Waals surface area (Å²) in [5.74, 6) is 2.46. The molecule has 1 N–H and O–H groups in total. The molecule has 1 aromatic heterocycles. The van der Waals surface area contributed by atoms with Gasteiger partial charge in [0.2, 0.25) is 0 Å². The maximum absolute atomic E-state index is 12.9. The molecule has 0 spiro atoms. The predicted octanol–water partition coefficient (Wildman–Crippen LogP) is 4.64. The van der Waals surface area contributed by atoms with E-state index in [-0.39, 0.29) is 12.5 Å². The first kappa shape index (κ1) is 19.2. The Hall–Kier alpha value is -2.08. The summed E-state index contributed by atoms with van der Waals surface area (Å²) < 4.78 is 23.0. The van der Waals surface area contributed by atoms with E-state index in [1.165, 1.54) is 16.0 Å². The largest absolute Gasteiger partial charge is 0.496 e. The van der Waals surface area contributed by atoms with Crippen LogP contribution in [0, 0.1) is 18.3 Å². The summed E-state index contributed by atoms with van der Waals surface area (Å²) in [7, 11) is 1.57. The van der Waals surface area contributed by atoms with Crippen molar-refractivity contribution in [2.45, 2.75) is 39.7 Å². The van der Waals surface area contributed by atoms with Gasteiger partial charge in [-0.2, -0.15) is 0 Å². The van der Waals surface area contributed by atoms with E-state index < -0.39 is 6.67 Å². The highest BCUT2D eigenvalue weighted by Gasteiger charge is 2.63. The highest BCUT2D eigenvalue weighted by molar-refractivity contribution is 7.14. The van der Waals surface area contributed by atoms with Crippen LogP contribution < -0.4 is 14.8 Å². The maximum Gasteiger partial charge on any atom is 0.261 e. The molecule has 1 unspecified atom stereocenters. The summed E-state index contributed by atoms with van der Waals surface area (Å²) in [6, 6.07) is 5.33. The van der Waals surface area contributed by atoms with Crippen LogP contribution in [-0.2, 0) is 13.0 Å². The van der Waals surface area contributed by atoms with Crippen molar-refractivity contribution in [2.24, 2.45) is 11.3 Å². The molecule has 2 aliphatic rings. The molecule has 1 fully saturated rings. The number of halogens is 1. The fraction of sp³-hybridized carbons (Fsp3) is 0.500. The van der Waals surface area contributed by atoms with Crippen LogP contribution in [0.25, 0.3) is 0 Å². The van der Waals surface area contributed by atoms with Gasteiger partial charge in [-0.15, -0.1) is 11.3 Å².